The number of aromatic nitrogens is 2. The third-order valence-electron chi connectivity index (χ3n) is 8.01. The van der Waals surface area contributed by atoms with Gasteiger partial charge in [-0.15, -0.1) is 0 Å². The fourth-order valence-corrected chi connectivity index (χ4v) is 6.19. The Kier molecular flexibility index (Phi) is 7.12. The molecule has 10 heteroatoms. The summed E-state index contributed by atoms with van der Waals surface area (Å²) in [6.45, 7) is 5.70. The molecule has 4 aromatic rings. The number of nitrogens with one attached hydrogen (secondary N) is 2. The van der Waals surface area contributed by atoms with Crippen molar-refractivity contribution in [2.24, 2.45) is 5.92 Å². The molecule has 0 spiro atoms. The lowest BCUT2D eigenvalue weighted by Crippen LogP contribution is -2.47. The van der Waals surface area contributed by atoms with Crippen molar-refractivity contribution >= 4 is 45.8 Å². The summed E-state index contributed by atoms with van der Waals surface area (Å²) < 4.78 is 12.1. The summed E-state index contributed by atoms with van der Waals surface area (Å²) in [5, 5.41) is 14.6. The van der Waals surface area contributed by atoms with E-state index in [2.05, 4.69) is 33.4 Å². The molecule has 9 nitrogen and oxygen atoms in total. The fraction of sp³-hybridized carbons (Fsp3) is 0.367. The summed E-state index contributed by atoms with van der Waals surface area (Å²) in [6, 6.07) is 13.5. The van der Waals surface area contributed by atoms with E-state index < -0.39 is 18.1 Å². The molecule has 3 N–H and O–H groups in total. The van der Waals surface area contributed by atoms with Crippen LogP contribution in [-0.2, 0) is 16.1 Å². The molecule has 2 aliphatic rings. The Balaban J connectivity index is 1.37. The van der Waals surface area contributed by atoms with Gasteiger partial charge in [0.15, 0.2) is 0 Å². The molecule has 3 heterocycles. The van der Waals surface area contributed by atoms with Crippen LogP contribution in [0.15, 0.2) is 42.5 Å². The van der Waals surface area contributed by atoms with E-state index in [1.54, 1.807) is 6.92 Å². The van der Waals surface area contributed by atoms with Crippen LogP contribution in [0.1, 0.15) is 37.7 Å². The van der Waals surface area contributed by atoms with Gasteiger partial charge in [0.1, 0.15) is 24.5 Å². The summed E-state index contributed by atoms with van der Waals surface area (Å²) in [6.07, 6.45) is 0.321. The highest BCUT2D eigenvalue weighted by Gasteiger charge is 2.38. The number of halogens is 1. The summed E-state index contributed by atoms with van der Waals surface area (Å²) in [5.41, 5.74) is 4.98. The van der Waals surface area contributed by atoms with Gasteiger partial charge in [-0.05, 0) is 60.2 Å². The topological polar surface area (TPSA) is 117 Å². The number of rotatable bonds is 8. The summed E-state index contributed by atoms with van der Waals surface area (Å²) in [4.78, 5) is 33.7. The van der Waals surface area contributed by atoms with Crippen molar-refractivity contribution in [2.75, 3.05) is 19.7 Å². The lowest BCUT2D eigenvalue weighted by atomic mass is 9.94. The minimum Gasteiger partial charge on any atom is -0.488 e. The van der Waals surface area contributed by atoms with Crippen LogP contribution in [0, 0.1) is 5.92 Å². The zero-order valence-corrected chi connectivity index (χ0v) is 23.1. The SMILES string of the molecule is CCO[C@H]1C[C@@H](c2nc3ccc4cc5c(cc4c3[nH]2)OCc2cc(Cl)ccc2-5)N(C[C@@H](NC(=O)O)C(C)C=O)C1. The maximum Gasteiger partial charge on any atom is 0.404 e. The highest BCUT2D eigenvalue weighted by molar-refractivity contribution is 6.30. The zero-order chi connectivity index (χ0) is 28.0. The predicted molar refractivity (Wildman–Crippen MR) is 153 cm³/mol. The smallest absolute Gasteiger partial charge is 0.404 e. The molecule has 1 aromatic heterocycles. The van der Waals surface area contributed by atoms with Crippen molar-refractivity contribution in [3.05, 3.63) is 58.9 Å². The summed E-state index contributed by atoms with van der Waals surface area (Å²) in [5.74, 6) is 1.13. The molecule has 6 rings (SSSR count). The molecule has 0 radical (unpaired) electrons. The van der Waals surface area contributed by atoms with Gasteiger partial charge in [0.2, 0.25) is 0 Å². The van der Waals surface area contributed by atoms with E-state index in [1.807, 2.05) is 31.2 Å². The number of benzene rings is 3. The molecule has 1 saturated heterocycles. The maximum atomic E-state index is 11.5. The van der Waals surface area contributed by atoms with Crippen LogP contribution in [0.3, 0.4) is 0 Å². The molecule has 3 aromatic carbocycles. The number of hydrogen-bond acceptors (Lipinski definition) is 6. The molecule has 0 aliphatic carbocycles. The zero-order valence-electron chi connectivity index (χ0n) is 22.3. The van der Waals surface area contributed by atoms with Gasteiger partial charge in [0, 0.05) is 41.6 Å². The molecule has 1 amide bonds. The number of aromatic amines is 1. The summed E-state index contributed by atoms with van der Waals surface area (Å²) >= 11 is 6.21. The average Bonchev–Trinajstić information content (AvgIpc) is 3.55. The van der Waals surface area contributed by atoms with Crippen LogP contribution < -0.4 is 10.1 Å². The van der Waals surface area contributed by atoms with Crippen molar-refractivity contribution in [3.8, 4) is 16.9 Å². The predicted octanol–water partition coefficient (Wildman–Crippen LogP) is 5.55. The van der Waals surface area contributed by atoms with Crippen LogP contribution in [0.5, 0.6) is 5.75 Å². The average molecular weight is 563 g/mol. The Bertz CT molecular complexity index is 1600. The van der Waals surface area contributed by atoms with E-state index in [0.717, 1.165) is 56.4 Å². The van der Waals surface area contributed by atoms with Crippen LogP contribution in [-0.4, -0.2) is 64.2 Å². The third-order valence-corrected chi connectivity index (χ3v) is 8.24. The van der Waals surface area contributed by atoms with Gasteiger partial charge in [-0.2, -0.15) is 0 Å². The molecule has 1 unspecified atom stereocenters. The molecule has 4 atom stereocenters. The molecule has 208 valence electrons. The minimum absolute atomic E-state index is 0.0223. The van der Waals surface area contributed by atoms with Gasteiger partial charge in [-0.25, -0.2) is 9.78 Å². The second-order valence-electron chi connectivity index (χ2n) is 10.6. The first-order valence-corrected chi connectivity index (χ1v) is 13.9. The van der Waals surface area contributed by atoms with Gasteiger partial charge < -0.3 is 29.7 Å². The van der Waals surface area contributed by atoms with E-state index in [0.29, 0.717) is 37.7 Å². The summed E-state index contributed by atoms with van der Waals surface area (Å²) in [7, 11) is 0. The number of H-pyrrole nitrogens is 1. The number of hydrogen-bond donors (Lipinski definition) is 3. The first-order chi connectivity index (χ1) is 19.3. The van der Waals surface area contributed by atoms with E-state index in [4.69, 9.17) is 26.1 Å². The van der Waals surface area contributed by atoms with Gasteiger partial charge in [0.25, 0.3) is 0 Å². The van der Waals surface area contributed by atoms with Crippen LogP contribution >= 0.6 is 11.6 Å². The van der Waals surface area contributed by atoms with Crippen molar-refractivity contribution in [2.45, 2.75) is 45.1 Å². The molecule has 0 bridgehead atoms. The molecule has 2 aliphatic heterocycles. The normalized spacial score (nSPS) is 20.1. The lowest BCUT2D eigenvalue weighted by Gasteiger charge is -2.29. The number of nitrogens with zero attached hydrogens (tertiary/aromatic N) is 2. The monoisotopic (exact) mass is 562 g/mol. The van der Waals surface area contributed by atoms with E-state index >= 15 is 0 Å². The number of carbonyl (C=O) groups excluding carboxylic acids is 1. The second kappa shape index (κ2) is 10.7. The number of fused-ring (bicyclic) bond motifs is 6. The standard InChI is InChI=1S/C30H31ClN4O5/c1-3-39-20-10-26(35(12-20)13-25(16(2)14-36)33-30(37)38)29-32-24-7-4-17-9-23-21-6-5-19(31)8-18(21)15-40-27(23)11-22(17)28(24)34-29/h4-9,11,14,16,20,25-26,33H,3,10,12-13,15H2,1-2H3,(H,32,34)(H,37,38)/t16?,20-,25+,26-/m0/s1. The molecular formula is C30H31ClN4O5. The molecule has 40 heavy (non-hydrogen) atoms. The first kappa shape index (κ1) is 26.6. The van der Waals surface area contributed by atoms with Crippen molar-refractivity contribution in [1.82, 2.24) is 20.2 Å². The second-order valence-corrected chi connectivity index (χ2v) is 11.0. The Hall–Kier alpha value is -3.66. The van der Waals surface area contributed by atoms with Crippen molar-refractivity contribution in [3.63, 3.8) is 0 Å². The van der Waals surface area contributed by atoms with Crippen molar-refractivity contribution in [1.29, 1.82) is 0 Å². The number of carboxylic acid groups (broad SMARTS) is 1. The Morgan fingerprint density at radius 2 is 2.15 bits per heavy atom. The molecule has 1 fully saturated rings. The number of carbonyl (C=O) groups is 2. The number of amides is 1. The lowest BCUT2D eigenvalue weighted by molar-refractivity contribution is -0.111. The fourth-order valence-electron chi connectivity index (χ4n) is 5.99. The quantitative estimate of drug-likeness (QED) is 0.241. The Labute approximate surface area is 236 Å². The largest absolute Gasteiger partial charge is 0.488 e. The van der Waals surface area contributed by atoms with E-state index in [9.17, 15) is 14.7 Å². The number of likely N-dealkylation sites (tertiary alicyclic amines) is 1. The van der Waals surface area contributed by atoms with Crippen molar-refractivity contribution < 1.29 is 24.2 Å². The number of imidazole rings is 1. The van der Waals surface area contributed by atoms with Crippen LogP contribution in [0.4, 0.5) is 4.79 Å². The number of ether oxygens (including phenoxy) is 2. The van der Waals surface area contributed by atoms with Gasteiger partial charge in [0.05, 0.1) is 29.2 Å². The van der Waals surface area contributed by atoms with Crippen LogP contribution in [0.2, 0.25) is 5.02 Å². The number of aldehydes is 1. The van der Waals surface area contributed by atoms with E-state index in [1.165, 1.54) is 0 Å². The highest BCUT2D eigenvalue weighted by atomic mass is 35.5. The Morgan fingerprint density at radius 3 is 2.92 bits per heavy atom. The Morgan fingerprint density at radius 1 is 1.30 bits per heavy atom. The maximum absolute atomic E-state index is 11.5. The molecule has 0 saturated carbocycles. The van der Waals surface area contributed by atoms with Gasteiger partial charge in [-0.1, -0.05) is 30.7 Å². The van der Waals surface area contributed by atoms with Gasteiger partial charge >= 0.3 is 6.09 Å². The van der Waals surface area contributed by atoms with Crippen LogP contribution in [0.25, 0.3) is 32.9 Å². The van der Waals surface area contributed by atoms with Gasteiger partial charge in [-0.3, -0.25) is 4.90 Å². The van der Waals surface area contributed by atoms with E-state index in [-0.39, 0.29) is 12.1 Å². The molecular weight excluding hydrogens is 532 g/mol. The third kappa shape index (κ3) is 4.89. The first-order valence-electron chi connectivity index (χ1n) is 13.5. The minimum atomic E-state index is -1.15. The highest BCUT2D eigenvalue weighted by Crippen LogP contribution is 2.42.